The Labute approximate surface area is 161 Å². The lowest BCUT2D eigenvalue weighted by atomic mass is 9.69. The van der Waals surface area contributed by atoms with Crippen LogP contribution in [0, 0.1) is 38.5 Å². The summed E-state index contributed by atoms with van der Waals surface area (Å²) < 4.78 is 10.6. The Morgan fingerprint density at radius 2 is 1.70 bits per heavy atom. The van der Waals surface area contributed by atoms with Crippen LogP contribution in [0.4, 0.5) is 0 Å². The van der Waals surface area contributed by atoms with Crippen molar-refractivity contribution in [1.29, 1.82) is 0 Å². The van der Waals surface area contributed by atoms with Gasteiger partial charge in [-0.05, 0) is 59.1 Å². The van der Waals surface area contributed by atoms with E-state index < -0.39 is 35.3 Å². The van der Waals surface area contributed by atoms with Crippen LogP contribution in [0.2, 0.25) is 0 Å². The minimum Gasteiger partial charge on any atom is -0.465 e. The van der Waals surface area contributed by atoms with Gasteiger partial charge in [0.2, 0.25) is 0 Å². The molecule has 27 heavy (non-hydrogen) atoms. The first-order valence-corrected chi connectivity index (χ1v) is 9.56. The predicted octanol–water partition coefficient (Wildman–Crippen LogP) is 3.95. The van der Waals surface area contributed by atoms with Gasteiger partial charge in [-0.25, -0.2) is 0 Å². The number of aryl methyl sites for hydroxylation is 3. The third-order valence-electron chi connectivity index (χ3n) is 5.45. The van der Waals surface area contributed by atoms with Crippen LogP contribution in [-0.4, -0.2) is 29.9 Å². The van der Waals surface area contributed by atoms with Crippen LogP contribution in [0.15, 0.2) is 12.1 Å². The zero-order chi connectivity index (χ0) is 20.5. The highest BCUT2D eigenvalue weighted by molar-refractivity contribution is 6.03. The second-order valence-electron chi connectivity index (χ2n) is 7.93. The fourth-order valence-corrected chi connectivity index (χ4v) is 4.49. The lowest BCUT2D eigenvalue weighted by molar-refractivity contribution is -0.157. The molecule has 0 amide bonds. The van der Waals surface area contributed by atoms with E-state index in [1.54, 1.807) is 20.8 Å². The quantitative estimate of drug-likeness (QED) is 0.428. The van der Waals surface area contributed by atoms with E-state index in [0.29, 0.717) is 12.0 Å². The molecule has 148 valence electrons. The number of rotatable bonds is 6. The molecule has 0 radical (unpaired) electrons. The molecular formula is C22H30O5. The van der Waals surface area contributed by atoms with Crippen molar-refractivity contribution >= 4 is 17.7 Å². The lowest BCUT2D eigenvalue weighted by Crippen LogP contribution is -2.42. The molecule has 1 saturated heterocycles. The summed E-state index contributed by atoms with van der Waals surface area (Å²) >= 11 is 0. The molecule has 0 unspecified atom stereocenters. The van der Waals surface area contributed by atoms with Crippen molar-refractivity contribution in [2.45, 2.75) is 60.5 Å². The molecule has 1 aliphatic heterocycles. The highest BCUT2D eigenvalue weighted by Crippen LogP contribution is 2.45. The largest absolute Gasteiger partial charge is 0.465 e. The normalized spacial score (nSPS) is 22.3. The number of ketones is 1. The molecule has 1 heterocycles. The van der Waals surface area contributed by atoms with Gasteiger partial charge in [0.15, 0.2) is 11.7 Å². The van der Waals surface area contributed by atoms with Gasteiger partial charge in [-0.3, -0.25) is 14.4 Å². The van der Waals surface area contributed by atoms with E-state index >= 15 is 0 Å². The van der Waals surface area contributed by atoms with Crippen molar-refractivity contribution in [3.63, 3.8) is 0 Å². The minimum atomic E-state index is -1.07. The third kappa shape index (κ3) is 3.92. The molecule has 1 fully saturated rings. The Bertz CT molecular complexity index is 739. The van der Waals surface area contributed by atoms with Crippen LogP contribution in [0.5, 0.6) is 0 Å². The number of esters is 2. The van der Waals surface area contributed by atoms with E-state index in [9.17, 15) is 14.4 Å². The number of carbonyl (C=O) groups excluding carboxylic acids is 3. The molecule has 0 bridgehead atoms. The van der Waals surface area contributed by atoms with Gasteiger partial charge in [-0.15, -0.1) is 0 Å². The fourth-order valence-electron chi connectivity index (χ4n) is 4.49. The second-order valence-corrected chi connectivity index (χ2v) is 7.93. The average molecular weight is 374 g/mol. The molecule has 5 heteroatoms. The zero-order valence-electron chi connectivity index (χ0n) is 17.3. The SMILES string of the molecule is CCOC(=O)[C@H]1C(=O)OC(C)(C)[C@@H]1[C@H](CC)C(=O)c1c(C)cc(C)cc1C. The summed E-state index contributed by atoms with van der Waals surface area (Å²) in [6.07, 6.45) is 0.506. The van der Waals surface area contributed by atoms with E-state index in [2.05, 4.69) is 0 Å². The molecule has 1 aromatic rings. The Balaban J connectivity index is 2.51. The number of Topliss-reactive ketones (excluding diaryl/α,β-unsaturated/α-hetero) is 1. The molecule has 0 aromatic heterocycles. The lowest BCUT2D eigenvalue weighted by Gasteiger charge is -2.32. The number of ether oxygens (including phenoxy) is 2. The second kappa shape index (κ2) is 7.83. The van der Waals surface area contributed by atoms with E-state index in [1.807, 2.05) is 39.8 Å². The van der Waals surface area contributed by atoms with Crippen molar-refractivity contribution < 1.29 is 23.9 Å². The fraction of sp³-hybridized carbons (Fsp3) is 0.591. The van der Waals surface area contributed by atoms with Crippen molar-refractivity contribution in [3.05, 3.63) is 34.4 Å². The first-order valence-electron chi connectivity index (χ1n) is 9.56. The molecule has 0 saturated carbocycles. The Hall–Kier alpha value is -2.17. The number of benzene rings is 1. The van der Waals surface area contributed by atoms with Gasteiger partial charge in [0, 0.05) is 17.4 Å². The number of hydrogen-bond donors (Lipinski definition) is 0. The summed E-state index contributed by atoms with van der Waals surface area (Å²) in [7, 11) is 0. The van der Waals surface area contributed by atoms with Gasteiger partial charge >= 0.3 is 11.9 Å². The smallest absolute Gasteiger partial charge is 0.321 e. The monoisotopic (exact) mass is 374 g/mol. The summed E-state index contributed by atoms with van der Waals surface area (Å²) in [5, 5.41) is 0. The van der Waals surface area contributed by atoms with Gasteiger partial charge in [-0.2, -0.15) is 0 Å². The molecule has 5 nitrogen and oxygen atoms in total. The van der Waals surface area contributed by atoms with Crippen molar-refractivity contribution in [2.75, 3.05) is 6.61 Å². The standard InChI is InChI=1S/C22H30O5/c1-8-15(19(23)16-13(4)10-12(3)11-14(16)5)18-17(20(24)26-9-2)21(25)27-22(18,6)7/h10-11,15,17-18H,8-9H2,1-7H3/t15-,17-,18+/m0/s1. The first kappa shape index (κ1) is 21.1. The van der Waals surface area contributed by atoms with Gasteiger partial charge in [-0.1, -0.05) is 24.6 Å². The summed E-state index contributed by atoms with van der Waals surface area (Å²) in [4.78, 5) is 38.4. The summed E-state index contributed by atoms with van der Waals surface area (Å²) in [6, 6.07) is 3.97. The average Bonchev–Trinajstić information content (AvgIpc) is 2.76. The van der Waals surface area contributed by atoms with Crippen LogP contribution in [0.3, 0.4) is 0 Å². The molecule has 2 rings (SSSR count). The highest BCUT2D eigenvalue weighted by atomic mass is 16.6. The molecule has 1 aromatic carbocycles. The Morgan fingerprint density at radius 3 is 2.19 bits per heavy atom. The van der Waals surface area contributed by atoms with Crippen LogP contribution in [0.25, 0.3) is 0 Å². The number of carbonyl (C=O) groups is 3. The molecule has 0 N–H and O–H groups in total. The summed E-state index contributed by atoms with van der Waals surface area (Å²) in [5.41, 5.74) is 2.67. The van der Waals surface area contributed by atoms with Crippen LogP contribution in [0.1, 0.15) is 61.2 Å². The number of cyclic esters (lactones) is 1. The summed E-state index contributed by atoms with van der Waals surface area (Å²) in [5.74, 6) is -3.41. The number of hydrogen-bond acceptors (Lipinski definition) is 5. The van der Waals surface area contributed by atoms with Gasteiger partial charge in [0.1, 0.15) is 5.60 Å². The Kier molecular flexibility index (Phi) is 6.13. The highest BCUT2D eigenvalue weighted by Gasteiger charge is 2.58. The van der Waals surface area contributed by atoms with E-state index in [-0.39, 0.29) is 12.4 Å². The van der Waals surface area contributed by atoms with Crippen molar-refractivity contribution in [3.8, 4) is 0 Å². The van der Waals surface area contributed by atoms with Crippen LogP contribution < -0.4 is 0 Å². The summed E-state index contributed by atoms with van der Waals surface area (Å²) in [6.45, 7) is 13.1. The van der Waals surface area contributed by atoms with Crippen molar-refractivity contribution in [2.24, 2.45) is 17.8 Å². The molecule has 0 spiro atoms. The van der Waals surface area contributed by atoms with Crippen molar-refractivity contribution in [1.82, 2.24) is 0 Å². The molecular weight excluding hydrogens is 344 g/mol. The van der Waals surface area contributed by atoms with Gasteiger partial charge < -0.3 is 9.47 Å². The maximum Gasteiger partial charge on any atom is 0.321 e. The Morgan fingerprint density at radius 1 is 1.15 bits per heavy atom. The topological polar surface area (TPSA) is 69.7 Å². The molecule has 0 aliphatic carbocycles. The van der Waals surface area contributed by atoms with Crippen LogP contribution >= 0.6 is 0 Å². The minimum absolute atomic E-state index is 0.0434. The van der Waals surface area contributed by atoms with Gasteiger partial charge in [0.05, 0.1) is 6.61 Å². The zero-order valence-corrected chi connectivity index (χ0v) is 17.3. The maximum atomic E-state index is 13.5. The predicted molar refractivity (Wildman–Crippen MR) is 103 cm³/mol. The van der Waals surface area contributed by atoms with Crippen LogP contribution in [-0.2, 0) is 19.1 Å². The van der Waals surface area contributed by atoms with E-state index in [0.717, 1.165) is 16.7 Å². The van der Waals surface area contributed by atoms with E-state index in [4.69, 9.17) is 9.47 Å². The first-order chi connectivity index (χ1) is 12.5. The maximum absolute atomic E-state index is 13.5. The molecule has 3 atom stereocenters. The molecule has 1 aliphatic rings. The van der Waals surface area contributed by atoms with Gasteiger partial charge in [0.25, 0.3) is 0 Å². The third-order valence-corrected chi connectivity index (χ3v) is 5.45. The van der Waals surface area contributed by atoms with E-state index in [1.165, 1.54) is 0 Å².